The molecule has 1 rings (SSSR count). The molecule has 3 heteroatoms. The predicted octanol–water partition coefficient (Wildman–Crippen LogP) is 1.46. The van der Waals surface area contributed by atoms with Gasteiger partial charge in [-0.1, -0.05) is 0 Å². The van der Waals surface area contributed by atoms with Gasteiger partial charge in [0.05, 0.1) is 6.61 Å². The van der Waals surface area contributed by atoms with Gasteiger partial charge in [0.25, 0.3) is 0 Å². The standard InChI is InChI=1S/C10H19NO2/c1-2-13-10(12)7-8-3-5-9(11)6-4-8/h8-9H,2-7,11H2,1H3. The molecule has 0 aromatic heterocycles. The van der Waals surface area contributed by atoms with E-state index in [0.29, 0.717) is 25.0 Å². The summed E-state index contributed by atoms with van der Waals surface area (Å²) in [6.45, 7) is 2.33. The Morgan fingerprint density at radius 3 is 2.54 bits per heavy atom. The van der Waals surface area contributed by atoms with Gasteiger partial charge in [0.2, 0.25) is 0 Å². The fraction of sp³-hybridized carbons (Fsp3) is 0.900. The van der Waals surface area contributed by atoms with Gasteiger partial charge in [-0.05, 0) is 38.5 Å². The first-order valence-corrected chi connectivity index (χ1v) is 5.13. The van der Waals surface area contributed by atoms with E-state index in [1.54, 1.807) is 0 Å². The summed E-state index contributed by atoms with van der Waals surface area (Å²) in [6.07, 6.45) is 4.87. The average Bonchev–Trinajstić information content (AvgIpc) is 2.09. The Morgan fingerprint density at radius 1 is 1.38 bits per heavy atom. The fourth-order valence-electron chi connectivity index (χ4n) is 1.85. The summed E-state index contributed by atoms with van der Waals surface area (Å²) >= 11 is 0. The SMILES string of the molecule is CCOC(=O)CC1CCC(N)CC1. The molecular formula is C10H19NO2. The van der Waals surface area contributed by atoms with E-state index in [4.69, 9.17) is 10.5 Å². The van der Waals surface area contributed by atoms with Crippen molar-refractivity contribution < 1.29 is 9.53 Å². The van der Waals surface area contributed by atoms with Gasteiger partial charge in [-0.2, -0.15) is 0 Å². The zero-order valence-corrected chi connectivity index (χ0v) is 8.29. The molecule has 1 saturated carbocycles. The van der Waals surface area contributed by atoms with E-state index in [2.05, 4.69) is 0 Å². The summed E-state index contributed by atoms with van der Waals surface area (Å²) in [5.41, 5.74) is 5.77. The third kappa shape index (κ3) is 3.77. The second-order valence-electron chi connectivity index (χ2n) is 3.79. The Kier molecular flexibility index (Phi) is 4.22. The molecule has 0 aliphatic heterocycles. The lowest BCUT2D eigenvalue weighted by Crippen LogP contribution is -2.27. The fourth-order valence-corrected chi connectivity index (χ4v) is 1.85. The number of rotatable bonds is 3. The van der Waals surface area contributed by atoms with Gasteiger partial charge in [0.15, 0.2) is 0 Å². The molecular weight excluding hydrogens is 166 g/mol. The summed E-state index contributed by atoms with van der Waals surface area (Å²) < 4.78 is 4.90. The number of carbonyl (C=O) groups is 1. The lowest BCUT2D eigenvalue weighted by Gasteiger charge is -2.25. The van der Waals surface area contributed by atoms with Gasteiger partial charge >= 0.3 is 5.97 Å². The van der Waals surface area contributed by atoms with E-state index in [0.717, 1.165) is 25.7 Å². The molecule has 0 bridgehead atoms. The van der Waals surface area contributed by atoms with E-state index in [1.807, 2.05) is 6.92 Å². The quantitative estimate of drug-likeness (QED) is 0.677. The van der Waals surface area contributed by atoms with Crippen molar-refractivity contribution in [2.75, 3.05) is 6.61 Å². The Morgan fingerprint density at radius 2 is 2.00 bits per heavy atom. The largest absolute Gasteiger partial charge is 0.466 e. The van der Waals surface area contributed by atoms with E-state index in [1.165, 1.54) is 0 Å². The van der Waals surface area contributed by atoms with Crippen LogP contribution in [0.1, 0.15) is 39.0 Å². The molecule has 3 nitrogen and oxygen atoms in total. The van der Waals surface area contributed by atoms with Crippen molar-refractivity contribution in [1.82, 2.24) is 0 Å². The second kappa shape index (κ2) is 5.22. The maximum Gasteiger partial charge on any atom is 0.306 e. The Balaban J connectivity index is 2.18. The van der Waals surface area contributed by atoms with Crippen molar-refractivity contribution in [2.45, 2.75) is 45.1 Å². The summed E-state index contributed by atoms with van der Waals surface area (Å²) in [5, 5.41) is 0. The van der Waals surface area contributed by atoms with Crippen LogP contribution in [-0.4, -0.2) is 18.6 Å². The van der Waals surface area contributed by atoms with Crippen molar-refractivity contribution in [1.29, 1.82) is 0 Å². The minimum Gasteiger partial charge on any atom is -0.466 e. The molecule has 0 atom stereocenters. The van der Waals surface area contributed by atoms with Gasteiger partial charge in [-0.3, -0.25) is 4.79 Å². The van der Waals surface area contributed by atoms with Crippen LogP contribution in [0.15, 0.2) is 0 Å². The van der Waals surface area contributed by atoms with Gasteiger partial charge in [0, 0.05) is 12.5 Å². The molecule has 1 aliphatic carbocycles. The molecule has 0 amide bonds. The molecule has 0 spiro atoms. The maximum absolute atomic E-state index is 11.1. The number of hydrogen-bond acceptors (Lipinski definition) is 3. The highest BCUT2D eigenvalue weighted by Gasteiger charge is 2.21. The lowest BCUT2D eigenvalue weighted by molar-refractivity contribution is -0.144. The highest BCUT2D eigenvalue weighted by Crippen LogP contribution is 2.25. The van der Waals surface area contributed by atoms with Gasteiger partial charge < -0.3 is 10.5 Å². The van der Waals surface area contributed by atoms with Crippen molar-refractivity contribution in [3.05, 3.63) is 0 Å². The van der Waals surface area contributed by atoms with E-state index >= 15 is 0 Å². The minimum atomic E-state index is -0.0528. The summed E-state index contributed by atoms with van der Waals surface area (Å²) in [7, 11) is 0. The molecule has 0 aromatic rings. The molecule has 1 fully saturated rings. The molecule has 0 heterocycles. The highest BCUT2D eigenvalue weighted by atomic mass is 16.5. The monoisotopic (exact) mass is 185 g/mol. The number of ether oxygens (including phenoxy) is 1. The normalized spacial score (nSPS) is 28.5. The molecule has 2 N–H and O–H groups in total. The lowest BCUT2D eigenvalue weighted by atomic mass is 9.84. The zero-order chi connectivity index (χ0) is 9.68. The zero-order valence-electron chi connectivity index (χ0n) is 8.29. The molecule has 0 aromatic carbocycles. The first-order chi connectivity index (χ1) is 6.22. The Bertz CT molecular complexity index is 162. The van der Waals surface area contributed by atoms with Crippen LogP contribution in [0.2, 0.25) is 0 Å². The molecule has 0 radical (unpaired) electrons. The van der Waals surface area contributed by atoms with Crippen molar-refractivity contribution in [3.63, 3.8) is 0 Å². The first kappa shape index (κ1) is 10.5. The summed E-state index contributed by atoms with van der Waals surface area (Å²) in [5.74, 6) is 0.460. The van der Waals surface area contributed by atoms with Crippen molar-refractivity contribution >= 4 is 5.97 Å². The van der Waals surface area contributed by atoms with Crippen molar-refractivity contribution in [3.8, 4) is 0 Å². The van der Waals surface area contributed by atoms with Gasteiger partial charge in [0.1, 0.15) is 0 Å². The third-order valence-electron chi connectivity index (χ3n) is 2.65. The average molecular weight is 185 g/mol. The molecule has 0 unspecified atom stereocenters. The van der Waals surface area contributed by atoms with Crippen LogP contribution in [0.4, 0.5) is 0 Å². The van der Waals surface area contributed by atoms with Crippen LogP contribution in [0.25, 0.3) is 0 Å². The number of esters is 1. The second-order valence-corrected chi connectivity index (χ2v) is 3.79. The van der Waals surface area contributed by atoms with E-state index in [-0.39, 0.29) is 5.97 Å². The Labute approximate surface area is 79.6 Å². The number of carbonyl (C=O) groups excluding carboxylic acids is 1. The van der Waals surface area contributed by atoms with E-state index in [9.17, 15) is 4.79 Å². The van der Waals surface area contributed by atoms with Crippen LogP contribution in [0.5, 0.6) is 0 Å². The van der Waals surface area contributed by atoms with Crippen LogP contribution in [-0.2, 0) is 9.53 Å². The molecule has 13 heavy (non-hydrogen) atoms. The Hall–Kier alpha value is -0.570. The molecule has 76 valence electrons. The topological polar surface area (TPSA) is 52.3 Å². The molecule has 1 aliphatic rings. The summed E-state index contributed by atoms with van der Waals surface area (Å²) in [4.78, 5) is 11.1. The van der Waals surface area contributed by atoms with Gasteiger partial charge in [-0.15, -0.1) is 0 Å². The predicted molar refractivity (Wildman–Crippen MR) is 51.2 cm³/mol. The van der Waals surface area contributed by atoms with Crippen LogP contribution in [0.3, 0.4) is 0 Å². The molecule has 0 saturated heterocycles. The third-order valence-corrected chi connectivity index (χ3v) is 2.65. The van der Waals surface area contributed by atoms with Crippen LogP contribution < -0.4 is 5.73 Å². The van der Waals surface area contributed by atoms with Gasteiger partial charge in [-0.25, -0.2) is 0 Å². The van der Waals surface area contributed by atoms with Crippen LogP contribution in [0, 0.1) is 5.92 Å². The minimum absolute atomic E-state index is 0.0528. The first-order valence-electron chi connectivity index (χ1n) is 5.13. The highest BCUT2D eigenvalue weighted by molar-refractivity contribution is 5.69. The summed E-state index contributed by atoms with van der Waals surface area (Å²) in [6, 6.07) is 0.360. The smallest absolute Gasteiger partial charge is 0.306 e. The number of hydrogen-bond donors (Lipinski definition) is 1. The maximum atomic E-state index is 11.1. The van der Waals surface area contributed by atoms with Crippen LogP contribution >= 0.6 is 0 Å². The van der Waals surface area contributed by atoms with Crippen molar-refractivity contribution in [2.24, 2.45) is 11.7 Å². The number of nitrogens with two attached hydrogens (primary N) is 1. The van der Waals surface area contributed by atoms with E-state index < -0.39 is 0 Å².